The summed E-state index contributed by atoms with van der Waals surface area (Å²) in [6.07, 6.45) is 1.72. The van der Waals surface area contributed by atoms with Crippen LogP contribution in [-0.4, -0.2) is 49.1 Å². The van der Waals surface area contributed by atoms with Crippen LogP contribution in [0.4, 0.5) is 0 Å². The number of piperazine rings is 1. The zero-order valence-corrected chi connectivity index (χ0v) is 14.5. The molecule has 0 atom stereocenters. The Morgan fingerprint density at radius 1 is 1.13 bits per heavy atom. The molecule has 0 aliphatic carbocycles. The van der Waals surface area contributed by atoms with E-state index in [0.29, 0.717) is 12.3 Å². The van der Waals surface area contributed by atoms with E-state index in [1.54, 1.807) is 0 Å². The van der Waals surface area contributed by atoms with Gasteiger partial charge >= 0.3 is 0 Å². The maximum Gasteiger partial charge on any atom is 0.123 e. The SMILES string of the molecule is CC(C)CCOc1ccccc1CN1CCN(CCC#N)CC1. The van der Waals surface area contributed by atoms with Crippen LogP contribution in [0.3, 0.4) is 0 Å². The minimum atomic E-state index is 0.631. The fourth-order valence-electron chi connectivity index (χ4n) is 2.80. The van der Waals surface area contributed by atoms with Crippen LogP contribution < -0.4 is 4.74 Å². The molecule has 1 aliphatic rings. The Labute approximate surface area is 140 Å². The summed E-state index contributed by atoms with van der Waals surface area (Å²) >= 11 is 0. The van der Waals surface area contributed by atoms with Crippen molar-refractivity contribution in [3.05, 3.63) is 29.8 Å². The van der Waals surface area contributed by atoms with Gasteiger partial charge in [0.25, 0.3) is 0 Å². The van der Waals surface area contributed by atoms with E-state index < -0.39 is 0 Å². The van der Waals surface area contributed by atoms with E-state index in [0.717, 1.165) is 58.0 Å². The smallest absolute Gasteiger partial charge is 0.123 e. The van der Waals surface area contributed by atoms with Gasteiger partial charge in [-0.05, 0) is 18.4 Å². The Morgan fingerprint density at radius 2 is 1.83 bits per heavy atom. The molecule has 0 amide bonds. The fraction of sp³-hybridized carbons (Fsp3) is 0.632. The molecule has 0 aromatic heterocycles. The lowest BCUT2D eigenvalue weighted by Crippen LogP contribution is -2.46. The van der Waals surface area contributed by atoms with E-state index in [1.165, 1.54) is 5.56 Å². The Morgan fingerprint density at radius 3 is 2.52 bits per heavy atom. The molecular weight excluding hydrogens is 286 g/mol. The average Bonchev–Trinajstić information content (AvgIpc) is 2.55. The summed E-state index contributed by atoms with van der Waals surface area (Å²) in [7, 11) is 0. The van der Waals surface area contributed by atoms with Crippen molar-refractivity contribution in [2.45, 2.75) is 33.2 Å². The van der Waals surface area contributed by atoms with Crippen molar-refractivity contribution in [2.75, 3.05) is 39.3 Å². The molecule has 0 N–H and O–H groups in total. The number of hydrogen-bond donors (Lipinski definition) is 0. The molecule has 0 unspecified atom stereocenters. The molecule has 1 fully saturated rings. The Kier molecular flexibility index (Phi) is 7.38. The predicted octanol–water partition coefficient (Wildman–Crippen LogP) is 3.14. The Hall–Kier alpha value is -1.57. The first kappa shape index (κ1) is 17.8. The van der Waals surface area contributed by atoms with Crippen LogP contribution in [0.5, 0.6) is 5.75 Å². The standard InChI is InChI=1S/C19H29N3O/c1-17(2)8-15-23-19-7-4-3-6-18(19)16-22-13-11-21(12-14-22)10-5-9-20/h3-4,6-7,17H,5,8,10-16H2,1-2H3. The van der Waals surface area contributed by atoms with Crippen molar-refractivity contribution in [1.29, 1.82) is 5.26 Å². The van der Waals surface area contributed by atoms with Crippen LogP contribution in [0.25, 0.3) is 0 Å². The van der Waals surface area contributed by atoms with Gasteiger partial charge in [0, 0.05) is 51.3 Å². The van der Waals surface area contributed by atoms with Gasteiger partial charge in [0.2, 0.25) is 0 Å². The van der Waals surface area contributed by atoms with Gasteiger partial charge in [-0.2, -0.15) is 5.26 Å². The molecule has 1 aromatic carbocycles. The minimum Gasteiger partial charge on any atom is -0.493 e. The van der Waals surface area contributed by atoms with E-state index in [-0.39, 0.29) is 0 Å². The highest BCUT2D eigenvalue weighted by atomic mass is 16.5. The maximum atomic E-state index is 8.68. The zero-order valence-electron chi connectivity index (χ0n) is 14.5. The number of rotatable bonds is 8. The van der Waals surface area contributed by atoms with Crippen molar-refractivity contribution >= 4 is 0 Å². The normalized spacial score (nSPS) is 16.4. The Balaban J connectivity index is 1.82. The summed E-state index contributed by atoms with van der Waals surface area (Å²) in [6.45, 7) is 11.3. The van der Waals surface area contributed by atoms with Gasteiger partial charge in [-0.15, -0.1) is 0 Å². The molecular formula is C19H29N3O. The number of para-hydroxylation sites is 1. The predicted molar refractivity (Wildman–Crippen MR) is 93.3 cm³/mol. The van der Waals surface area contributed by atoms with Crippen molar-refractivity contribution in [3.63, 3.8) is 0 Å². The lowest BCUT2D eigenvalue weighted by atomic mass is 10.1. The number of hydrogen-bond acceptors (Lipinski definition) is 4. The molecule has 23 heavy (non-hydrogen) atoms. The lowest BCUT2D eigenvalue weighted by Gasteiger charge is -2.34. The van der Waals surface area contributed by atoms with Crippen LogP contribution in [0.2, 0.25) is 0 Å². The summed E-state index contributed by atoms with van der Waals surface area (Å²) in [5.74, 6) is 1.70. The van der Waals surface area contributed by atoms with Crippen molar-refractivity contribution in [2.24, 2.45) is 5.92 Å². The monoisotopic (exact) mass is 315 g/mol. The second kappa shape index (κ2) is 9.54. The molecule has 0 saturated carbocycles. The molecule has 1 aliphatic heterocycles. The highest BCUT2D eigenvalue weighted by Gasteiger charge is 2.17. The van der Waals surface area contributed by atoms with E-state index in [1.807, 2.05) is 6.07 Å². The largest absolute Gasteiger partial charge is 0.493 e. The summed E-state index contributed by atoms with van der Waals surface area (Å²) in [5.41, 5.74) is 1.28. The first-order chi connectivity index (χ1) is 11.2. The van der Waals surface area contributed by atoms with Gasteiger partial charge in [-0.25, -0.2) is 0 Å². The number of ether oxygens (including phenoxy) is 1. The summed E-state index contributed by atoms with van der Waals surface area (Å²) < 4.78 is 5.99. The van der Waals surface area contributed by atoms with Crippen molar-refractivity contribution in [1.82, 2.24) is 9.80 Å². The lowest BCUT2D eigenvalue weighted by molar-refractivity contribution is 0.128. The zero-order chi connectivity index (χ0) is 16.5. The second-order valence-corrected chi connectivity index (χ2v) is 6.66. The second-order valence-electron chi connectivity index (χ2n) is 6.66. The maximum absolute atomic E-state index is 8.68. The first-order valence-corrected chi connectivity index (χ1v) is 8.71. The number of benzene rings is 1. The van der Waals surface area contributed by atoms with Crippen LogP contribution >= 0.6 is 0 Å². The third-order valence-corrected chi connectivity index (χ3v) is 4.32. The van der Waals surface area contributed by atoms with Crippen LogP contribution in [-0.2, 0) is 6.54 Å². The summed E-state index contributed by atoms with van der Waals surface area (Å²) in [6, 6.07) is 10.6. The first-order valence-electron chi connectivity index (χ1n) is 8.71. The van der Waals surface area contributed by atoms with Crippen LogP contribution in [0.15, 0.2) is 24.3 Å². The highest BCUT2D eigenvalue weighted by molar-refractivity contribution is 5.33. The minimum absolute atomic E-state index is 0.631. The topological polar surface area (TPSA) is 39.5 Å². The third kappa shape index (κ3) is 6.21. The molecule has 0 spiro atoms. The molecule has 0 radical (unpaired) electrons. The van der Waals surface area contributed by atoms with Gasteiger partial charge in [0.15, 0.2) is 0 Å². The average molecular weight is 315 g/mol. The van der Waals surface area contributed by atoms with E-state index in [2.05, 4.69) is 47.9 Å². The summed E-state index contributed by atoms with van der Waals surface area (Å²) in [5, 5.41) is 8.68. The molecule has 1 aromatic rings. The molecule has 2 rings (SSSR count). The molecule has 1 heterocycles. The van der Waals surface area contributed by atoms with Gasteiger partial charge < -0.3 is 4.74 Å². The fourth-order valence-corrected chi connectivity index (χ4v) is 2.80. The van der Waals surface area contributed by atoms with Crippen molar-refractivity contribution < 1.29 is 4.74 Å². The highest BCUT2D eigenvalue weighted by Crippen LogP contribution is 2.21. The quantitative estimate of drug-likeness (QED) is 0.739. The van der Waals surface area contributed by atoms with Crippen LogP contribution in [0.1, 0.15) is 32.3 Å². The molecule has 4 heteroatoms. The van der Waals surface area contributed by atoms with E-state index in [4.69, 9.17) is 10.00 Å². The van der Waals surface area contributed by atoms with Gasteiger partial charge in [-0.1, -0.05) is 32.0 Å². The van der Waals surface area contributed by atoms with Crippen molar-refractivity contribution in [3.8, 4) is 11.8 Å². The van der Waals surface area contributed by atoms with Gasteiger partial charge in [0.05, 0.1) is 12.7 Å². The molecule has 126 valence electrons. The number of nitriles is 1. The van der Waals surface area contributed by atoms with E-state index in [9.17, 15) is 0 Å². The van der Waals surface area contributed by atoms with E-state index >= 15 is 0 Å². The molecule has 1 saturated heterocycles. The molecule has 4 nitrogen and oxygen atoms in total. The Bertz CT molecular complexity index is 502. The number of nitrogens with zero attached hydrogens (tertiary/aromatic N) is 3. The summed E-state index contributed by atoms with van der Waals surface area (Å²) in [4.78, 5) is 4.86. The molecule has 0 bridgehead atoms. The third-order valence-electron chi connectivity index (χ3n) is 4.32. The van der Waals surface area contributed by atoms with Gasteiger partial charge in [-0.3, -0.25) is 9.80 Å². The van der Waals surface area contributed by atoms with Gasteiger partial charge in [0.1, 0.15) is 5.75 Å². The van der Waals surface area contributed by atoms with Crippen LogP contribution in [0, 0.1) is 17.2 Å².